The lowest BCUT2D eigenvalue weighted by atomic mass is 10.0. The first-order valence-corrected chi connectivity index (χ1v) is 7.21. The van der Waals surface area contributed by atoms with Gasteiger partial charge in [-0.2, -0.15) is 5.10 Å². The Morgan fingerprint density at radius 1 is 1.43 bits per heavy atom. The maximum atomic E-state index is 12.2. The van der Waals surface area contributed by atoms with Crippen LogP contribution in [0.4, 0.5) is 5.69 Å². The van der Waals surface area contributed by atoms with Crippen molar-refractivity contribution >= 4 is 23.2 Å². The number of rotatable bonds is 5. The summed E-state index contributed by atoms with van der Waals surface area (Å²) in [5.74, 6) is 0.134. The number of nitrogens with zero attached hydrogens (tertiary/aromatic N) is 2. The van der Waals surface area contributed by atoms with Crippen molar-refractivity contribution in [3.63, 3.8) is 0 Å². The zero-order valence-electron chi connectivity index (χ0n) is 12.1. The highest BCUT2D eigenvalue weighted by molar-refractivity contribution is 6.33. The SMILES string of the molecule is CC(C)CC(N)C(=O)Nc1cccc(Cl)c1-n1cccn1. The number of nitrogens with two attached hydrogens (primary N) is 1. The average molecular weight is 307 g/mol. The van der Waals surface area contributed by atoms with E-state index < -0.39 is 6.04 Å². The number of aromatic nitrogens is 2. The molecular weight excluding hydrogens is 288 g/mol. The Morgan fingerprint density at radius 3 is 2.81 bits per heavy atom. The molecule has 1 atom stereocenters. The molecule has 0 aliphatic heterocycles. The lowest BCUT2D eigenvalue weighted by molar-refractivity contribution is -0.117. The van der Waals surface area contributed by atoms with Crippen molar-refractivity contribution in [1.82, 2.24) is 9.78 Å². The van der Waals surface area contributed by atoms with E-state index in [1.165, 1.54) is 0 Å². The molecule has 2 rings (SSSR count). The van der Waals surface area contributed by atoms with Crippen LogP contribution in [0, 0.1) is 5.92 Å². The van der Waals surface area contributed by atoms with Crippen molar-refractivity contribution < 1.29 is 4.79 Å². The molecule has 0 spiro atoms. The summed E-state index contributed by atoms with van der Waals surface area (Å²) in [6, 6.07) is 6.55. The molecule has 1 heterocycles. The number of halogens is 1. The van der Waals surface area contributed by atoms with Crippen LogP contribution in [0.2, 0.25) is 5.02 Å². The number of anilines is 1. The molecule has 0 aliphatic carbocycles. The summed E-state index contributed by atoms with van der Waals surface area (Å²) >= 11 is 6.22. The van der Waals surface area contributed by atoms with Crippen LogP contribution in [-0.4, -0.2) is 21.7 Å². The van der Waals surface area contributed by atoms with Crippen LogP contribution in [0.5, 0.6) is 0 Å². The van der Waals surface area contributed by atoms with Crippen LogP contribution in [-0.2, 0) is 4.79 Å². The first kappa shape index (κ1) is 15.5. The van der Waals surface area contributed by atoms with Gasteiger partial charge in [0, 0.05) is 12.4 Å². The van der Waals surface area contributed by atoms with Gasteiger partial charge in [0.05, 0.1) is 16.8 Å². The molecule has 21 heavy (non-hydrogen) atoms. The molecule has 0 aliphatic rings. The maximum absolute atomic E-state index is 12.2. The van der Waals surface area contributed by atoms with Crippen molar-refractivity contribution in [1.29, 1.82) is 0 Å². The molecular formula is C15H19ClN4O. The van der Waals surface area contributed by atoms with Gasteiger partial charge in [-0.15, -0.1) is 0 Å². The third-order valence-electron chi connectivity index (χ3n) is 3.04. The topological polar surface area (TPSA) is 72.9 Å². The van der Waals surface area contributed by atoms with Crippen LogP contribution in [0.25, 0.3) is 5.69 Å². The predicted molar refractivity (Wildman–Crippen MR) is 84.6 cm³/mol. The van der Waals surface area contributed by atoms with Gasteiger partial charge in [-0.25, -0.2) is 4.68 Å². The van der Waals surface area contributed by atoms with Gasteiger partial charge in [-0.3, -0.25) is 4.79 Å². The lowest BCUT2D eigenvalue weighted by Gasteiger charge is -2.17. The van der Waals surface area contributed by atoms with E-state index in [4.69, 9.17) is 17.3 Å². The minimum Gasteiger partial charge on any atom is -0.323 e. The fraction of sp³-hybridized carbons (Fsp3) is 0.333. The van der Waals surface area contributed by atoms with Crippen molar-refractivity contribution in [3.05, 3.63) is 41.7 Å². The van der Waals surface area contributed by atoms with Gasteiger partial charge in [0.2, 0.25) is 5.91 Å². The Labute approximate surface area is 129 Å². The Hall–Kier alpha value is -1.85. The van der Waals surface area contributed by atoms with E-state index in [9.17, 15) is 4.79 Å². The van der Waals surface area contributed by atoms with Crippen molar-refractivity contribution in [2.75, 3.05) is 5.32 Å². The molecule has 1 aromatic carbocycles. The molecule has 5 nitrogen and oxygen atoms in total. The smallest absolute Gasteiger partial charge is 0.241 e. The Bertz CT molecular complexity index is 610. The largest absolute Gasteiger partial charge is 0.323 e. The summed E-state index contributed by atoms with van der Waals surface area (Å²) in [4.78, 5) is 12.2. The molecule has 0 fully saturated rings. The third-order valence-corrected chi connectivity index (χ3v) is 3.35. The van der Waals surface area contributed by atoms with Crippen LogP contribution in [0.15, 0.2) is 36.7 Å². The van der Waals surface area contributed by atoms with Gasteiger partial charge in [-0.05, 0) is 30.5 Å². The van der Waals surface area contributed by atoms with E-state index in [0.29, 0.717) is 28.7 Å². The Kier molecular flexibility index (Phi) is 4.98. The Morgan fingerprint density at radius 2 is 2.19 bits per heavy atom. The van der Waals surface area contributed by atoms with E-state index in [1.54, 1.807) is 41.3 Å². The van der Waals surface area contributed by atoms with Crippen LogP contribution >= 0.6 is 11.6 Å². The highest BCUT2D eigenvalue weighted by Gasteiger charge is 2.18. The molecule has 2 aromatic rings. The minimum absolute atomic E-state index is 0.223. The second kappa shape index (κ2) is 6.74. The Balaban J connectivity index is 2.25. The second-order valence-corrected chi connectivity index (χ2v) is 5.72. The summed E-state index contributed by atoms with van der Waals surface area (Å²) in [7, 11) is 0. The first-order valence-electron chi connectivity index (χ1n) is 6.84. The van der Waals surface area contributed by atoms with E-state index in [-0.39, 0.29) is 5.91 Å². The number of carbonyl (C=O) groups excluding carboxylic acids is 1. The van der Waals surface area contributed by atoms with Gasteiger partial charge < -0.3 is 11.1 Å². The van der Waals surface area contributed by atoms with E-state index in [1.807, 2.05) is 13.8 Å². The normalized spacial score (nSPS) is 12.4. The zero-order valence-corrected chi connectivity index (χ0v) is 12.8. The molecule has 0 radical (unpaired) electrons. The number of hydrogen-bond donors (Lipinski definition) is 2. The van der Waals surface area contributed by atoms with Crippen molar-refractivity contribution in [3.8, 4) is 5.69 Å². The highest BCUT2D eigenvalue weighted by atomic mass is 35.5. The number of carbonyl (C=O) groups is 1. The number of para-hydroxylation sites is 1. The first-order chi connectivity index (χ1) is 9.99. The summed E-state index contributed by atoms with van der Waals surface area (Å²) in [6.45, 7) is 4.06. The number of benzene rings is 1. The lowest BCUT2D eigenvalue weighted by Crippen LogP contribution is -2.36. The molecule has 3 N–H and O–H groups in total. The molecule has 6 heteroatoms. The van der Waals surface area contributed by atoms with E-state index >= 15 is 0 Å². The zero-order chi connectivity index (χ0) is 15.4. The van der Waals surface area contributed by atoms with Crippen LogP contribution in [0.1, 0.15) is 20.3 Å². The fourth-order valence-corrected chi connectivity index (χ4v) is 2.35. The van der Waals surface area contributed by atoms with Crippen molar-refractivity contribution in [2.45, 2.75) is 26.3 Å². The van der Waals surface area contributed by atoms with Crippen molar-refractivity contribution in [2.24, 2.45) is 11.7 Å². The standard InChI is InChI=1S/C15H19ClN4O/c1-10(2)9-12(17)15(21)19-13-6-3-5-11(16)14(13)20-8-4-7-18-20/h3-8,10,12H,9,17H2,1-2H3,(H,19,21). The van der Waals surface area contributed by atoms with Gasteiger partial charge in [0.25, 0.3) is 0 Å². The summed E-state index contributed by atoms with van der Waals surface area (Å²) in [5, 5.41) is 7.50. The second-order valence-electron chi connectivity index (χ2n) is 5.31. The molecule has 112 valence electrons. The molecule has 1 unspecified atom stereocenters. The quantitative estimate of drug-likeness (QED) is 0.892. The number of nitrogens with one attached hydrogen (secondary N) is 1. The van der Waals surface area contributed by atoms with E-state index in [0.717, 1.165) is 0 Å². The maximum Gasteiger partial charge on any atom is 0.241 e. The van der Waals surface area contributed by atoms with Crippen LogP contribution < -0.4 is 11.1 Å². The minimum atomic E-state index is -0.547. The highest BCUT2D eigenvalue weighted by Crippen LogP contribution is 2.28. The van der Waals surface area contributed by atoms with Gasteiger partial charge >= 0.3 is 0 Å². The summed E-state index contributed by atoms with van der Waals surface area (Å²) < 4.78 is 1.62. The number of amides is 1. The molecule has 0 bridgehead atoms. The summed E-state index contributed by atoms with van der Waals surface area (Å²) in [5.41, 5.74) is 7.13. The van der Waals surface area contributed by atoms with Gasteiger partial charge in [-0.1, -0.05) is 31.5 Å². The molecule has 0 saturated carbocycles. The average Bonchev–Trinajstić information content (AvgIpc) is 2.91. The van der Waals surface area contributed by atoms with Crippen LogP contribution in [0.3, 0.4) is 0 Å². The summed E-state index contributed by atoms with van der Waals surface area (Å²) in [6.07, 6.45) is 4.05. The third kappa shape index (κ3) is 3.83. The monoisotopic (exact) mass is 306 g/mol. The predicted octanol–water partition coefficient (Wildman–Crippen LogP) is 2.84. The van der Waals surface area contributed by atoms with Gasteiger partial charge in [0.1, 0.15) is 5.69 Å². The van der Waals surface area contributed by atoms with Gasteiger partial charge in [0.15, 0.2) is 0 Å². The molecule has 0 saturated heterocycles. The van der Waals surface area contributed by atoms with E-state index in [2.05, 4.69) is 10.4 Å². The molecule has 1 aromatic heterocycles. The molecule has 1 amide bonds. The number of hydrogen-bond acceptors (Lipinski definition) is 3. The fourth-order valence-electron chi connectivity index (χ4n) is 2.09.